The van der Waals surface area contributed by atoms with Crippen LogP contribution in [0.2, 0.25) is 5.02 Å². The number of nitrogens with zero attached hydrogens (tertiary/aromatic N) is 1. The van der Waals surface area contributed by atoms with E-state index in [9.17, 15) is 4.79 Å². The lowest BCUT2D eigenvalue weighted by Gasteiger charge is -2.02. The van der Waals surface area contributed by atoms with E-state index < -0.39 is 5.97 Å². The Morgan fingerprint density at radius 1 is 1.47 bits per heavy atom. The van der Waals surface area contributed by atoms with Crippen LogP contribution in [0.25, 0.3) is 10.9 Å². The second-order valence-corrected chi connectivity index (χ2v) is 4.30. The van der Waals surface area contributed by atoms with Crippen LogP contribution in [0.4, 0.5) is 0 Å². The van der Waals surface area contributed by atoms with E-state index in [1.165, 1.54) is 0 Å². The van der Waals surface area contributed by atoms with Crippen LogP contribution < -0.4 is 0 Å². The molecule has 0 spiro atoms. The van der Waals surface area contributed by atoms with Crippen molar-refractivity contribution in [2.75, 3.05) is 0 Å². The maximum absolute atomic E-state index is 10.7. The Labute approximate surface area is 104 Å². The molecular weight excluding hydrogens is 238 g/mol. The Kier molecular flexibility index (Phi) is 3.20. The maximum Gasteiger partial charge on any atom is 0.331 e. The van der Waals surface area contributed by atoms with Gasteiger partial charge in [0.05, 0.1) is 0 Å². The fourth-order valence-corrected chi connectivity index (χ4v) is 1.83. The van der Waals surface area contributed by atoms with Gasteiger partial charge in [-0.05, 0) is 31.2 Å². The number of fused-ring (bicyclic) bond motifs is 1. The molecule has 2 rings (SSSR count). The first kappa shape index (κ1) is 11.7. The molecule has 0 saturated heterocycles. The molecule has 0 unspecified atom stereocenters. The van der Waals surface area contributed by atoms with Crippen LogP contribution in [0.1, 0.15) is 6.92 Å². The fraction of sp³-hybridized carbons (Fsp3) is 0.154. The third-order valence-electron chi connectivity index (χ3n) is 2.66. The maximum atomic E-state index is 10.7. The number of carbonyl (C=O) groups is 1. The topological polar surface area (TPSA) is 42.2 Å². The number of hydrogen-bond acceptors (Lipinski definition) is 1. The van der Waals surface area contributed by atoms with Gasteiger partial charge in [0.25, 0.3) is 0 Å². The van der Waals surface area contributed by atoms with Gasteiger partial charge in [0.2, 0.25) is 0 Å². The van der Waals surface area contributed by atoms with Crippen LogP contribution in [0.15, 0.2) is 42.1 Å². The van der Waals surface area contributed by atoms with E-state index in [2.05, 4.69) is 0 Å². The number of aliphatic carboxylic acids is 1. The molecule has 0 atom stereocenters. The van der Waals surface area contributed by atoms with E-state index in [0.29, 0.717) is 17.1 Å². The van der Waals surface area contributed by atoms with E-state index in [-0.39, 0.29) is 0 Å². The lowest BCUT2D eigenvalue weighted by atomic mass is 10.2. The average Bonchev–Trinajstić information content (AvgIpc) is 2.67. The van der Waals surface area contributed by atoms with Gasteiger partial charge in [0, 0.05) is 34.2 Å². The number of benzene rings is 1. The zero-order chi connectivity index (χ0) is 12.4. The molecular formula is C13H12ClNO2. The van der Waals surface area contributed by atoms with E-state index in [4.69, 9.17) is 16.7 Å². The van der Waals surface area contributed by atoms with Crippen molar-refractivity contribution in [2.45, 2.75) is 13.5 Å². The largest absolute Gasteiger partial charge is 0.478 e. The van der Waals surface area contributed by atoms with Crippen molar-refractivity contribution < 1.29 is 9.90 Å². The van der Waals surface area contributed by atoms with Gasteiger partial charge in [-0.2, -0.15) is 0 Å². The molecule has 0 aliphatic carbocycles. The Morgan fingerprint density at radius 3 is 2.94 bits per heavy atom. The van der Waals surface area contributed by atoms with Crippen molar-refractivity contribution in [3.8, 4) is 0 Å². The quantitative estimate of drug-likeness (QED) is 0.848. The first-order valence-electron chi connectivity index (χ1n) is 5.22. The molecule has 0 saturated carbocycles. The second-order valence-electron chi connectivity index (χ2n) is 3.86. The van der Waals surface area contributed by atoms with Gasteiger partial charge in [0.15, 0.2) is 0 Å². The highest BCUT2D eigenvalue weighted by Crippen LogP contribution is 2.20. The Hall–Kier alpha value is -1.74. The second kappa shape index (κ2) is 4.63. The molecule has 0 radical (unpaired) electrons. The highest BCUT2D eigenvalue weighted by molar-refractivity contribution is 6.31. The number of aromatic nitrogens is 1. The van der Waals surface area contributed by atoms with Gasteiger partial charge < -0.3 is 9.67 Å². The summed E-state index contributed by atoms with van der Waals surface area (Å²) in [5, 5.41) is 10.5. The summed E-state index contributed by atoms with van der Waals surface area (Å²) in [6.07, 6.45) is 3.61. The van der Waals surface area contributed by atoms with Crippen molar-refractivity contribution in [1.82, 2.24) is 4.57 Å². The van der Waals surface area contributed by atoms with Crippen LogP contribution in [-0.4, -0.2) is 15.6 Å². The van der Waals surface area contributed by atoms with Crippen LogP contribution in [0.5, 0.6) is 0 Å². The molecule has 0 aliphatic heterocycles. The zero-order valence-corrected chi connectivity index (χ0v) is 10.1. The number of carboxylic acid groups (broad SMARTS) is 1. The Balaban J connectivity index is 2.31. The summed E-state index contributed by atoms with van der Waals surface area (Å²) in [4.78, 5) is 10.7. The monoisotopic (exact) mass is 249 g/mol. The lowest BCUT2D eigenvalue weighted by molar-refractivity contribution is -0.132. The van der Waals surface area contributed by atoms with Crippen LogP contribution in [0, 0.1) is 0 Å². The van der Waals surface area contributed by atoms with Gasteiger partial charge >= 0.3 is 5.97 Å². The van der Waals surface area contributed by atoms with Crippen molar-refractivity contribution in [2.24, 2.45) is 0 Å². The highest BCUT2D eigenvalue weighted by Gasteiger charge is 2.02. The third-order valence-corrected chi connectivity index (χ3v) is 2.90. The SMILES string of the molecule is CC(=CCn1ccc2cc(Cl)ccc21)C(=O)O. The number of carboxylic acids is 1. The summed E-state index contributed by atoms with van der Waals surface area (Å²) >= 11 is 5.90. The van der Waals surface area contributed by atoms with E-state index in [1.54, 1.807) is 13.0 Å². The Bertz CT molecular complexity index is 598. The molecule has 1 N–H and O–H groups in total. The summed E-state index contributed by atoms with van der Waals surface area (Å²) in [5.41, 5.74) is 1.39. The van der Waals surface area contributed by atoms with E-state index in [1.807, 2.05) is 35.0 Å². The molecule has 0 aliphatic rings. The first-order valence-corrected chi connectivity index (χ1v) is 5.60. The smallest absolute Gasteiger partial charge is 0.331 e. The summed E-state index contributed by atoms with van der Waals surface area (Å²) in [7, 11) is 0. The standard InChI is InChI=1S/C13H12ClNO2/c1-9(13(16)17)4-6-15-7-5-10-8-11(14)2-3-12(10)15/h2-5,7-8H,6H2,1H3,(H,16,17). The lowest BCUT2D eigenvalue weighted by Crippen LogP contribution is -1.99. The van der Waals surface area contributed by atoms with Crippen LogP contribution in [-0.2, 0) is 11.3 Å². The molecule has 0 amide bonds. The summed E-state index contributed by atoms with van der Waals surface area (Å²) in [6.45, 7) is 2.13. The number of hydrogen-bond donors (Lipinski definition) is 1. The minimum atomic E-state index is -0.885. The Morgan fingerprint density at radius 2 is 2.24 bits per heavy atom. The molecule has 88 valence electrons. The molecule has 4 heteroatoms. The average molecular weight is 250 g/mol. The molecule has 1 heterocycles. The van der Waals surface area contributed by atoms with Crippen molar-refractivity contribution in [3.63, 3.8) is 0 Å². The molecule has 1 aromatic heterocycles. The van der Waals surface area contributed by atoms with E-state index in [0.717, 1.165) is 10.9 Å². The number of rotatable bonds is 3. The van der Waals surface area contributed by atoms with Crippen LogP contribution in [0.3, 0.4) is 0 Å². The van der Waals surface area contributed by atoms with Gasteiger partial charge in [-0.15, -0.1) is 0 Å². The summed E-state index contributed by atoms with van der Waals surface area (Å²) < 4.78 is 1.98. The van der Waals surface area contributed by atoms with Gasteiger partial charge in [0.1, 0.15) is 0 Å². The normalized spacial score (nSPS) is 12.0. The molecule has 0 fully saturated rings. The van der Waals surface area contributed by atoms with Crippen molar-refractivity contribution in [1.29, 1.82) is 0 Å². The molecule has 0 bridgehead atoms. The van der Waals surface area contributed by atoms with Crippen molar-refractivity contribution in [3.05, 3.63) is 47.1 Å². The number of halogens is 1. The molecule has 2 aromatic rings. The number of allylic oxidation sites excluding steroid dienone is 1. The van der Waals surface area contributed by atoms with Gasteiger partial charge in [-0.3, -0.25) is 0 Å². The highest BCUT2D eigenvalue weighted by atomic mass is 35.5. The molecule has 17 heavy (non-hydrogen) atoms. The molecule has 1 aromatic carbocycles. The molecule has 3 nitrogen and oxygen atoms in total. The predicted molar refractivity (Wildman–Crippen MR) is 68.3 cm³/mol. The van der Waals surface area contributed by atoms with Crippen LogP contribution >= 0.6 is 11.6 Å². The van der Waals surface area contributed by atoms with Gasteiger partial charge in [-0.1, -0.05) is 17.7 Å². The van der Waals surface area contributed by atoms with E-state index >= 15 is 0 Å². The minimum absolute atomic E-state index is 0.348. The minimum Gasteiger partial charge on any atom is -0.478 e. The van der Waals surface area contributed by atoms with Gasteiger partial charge in [-0.25, -0.2) is 4.79 Å². The first-order chi connectivity index (χ1) is 8.08. The third kappa shape index (κ3) is 2.50. The fourth-order valence-electron chi connectivity index (χ4n) is 1.65. The van der Waals surface area contributed by atoms with Crippen molar-refractivity contribution >= 4 is 28.5 Å². The summed E-state index contributed by atoms with van der Waals surface area (Å²) in [5.74, 6) is -0.885. The zero-order valence-electron chi connectivity index (χ0n) is 9.35. The predicted octanol–water partition coefficient (Wildman–Crippen LogP) is 3.33. The summed E-state index contributed by atoms with van der Waals surface area (Å²) in [6, 6.07) is 7.61.